The molecule has 30 heavy (non-hydrogen) atoms. The van der Waals surface area contributed by atoms with Crippen molar-refractivity contribution in [2.24, 2.45) is 0 Å². The van der Waals surface area contributed by atoms with Gasteiger partial charge in [-0.25, -0.2) is 0 Å². The highest BCUT2D eigenvalue weighted by Gasteiger charge is 2.57. The number of nitrogens with zero attached hydrogens (tertiary/aromatic N) is 1. The second kappa shape index (κ2) is 8.05. The lowest BCUT2D eigenvalue weighted by Crippen LogP contribution is -2.45. The lowest BCUT2D eigenvalue weighted by Gasteiger charge is -2.29. The second-order valence-corrected chi connectivity index (χ2v) is 8.31. The molecule has 152 valence electrons. The number of carbonyl (C=O) groups is 2. The van der Waals surface area contributed by atoms with Gasteiger partial charge in [0.25, 0.3) is 5.91 Å². The highest BCUT2D eigenvalue weighted by atomic mass is 35.5. The van der Waals surface area contributed by atoms with Gasteiger partial charge in [-0.05, 0) is 35.4 Å². The highest BCUT2D eigenvalue weighted by Crippen LogP contribution is 2.53. The van der Waals surface area contributed by atoms with Crippen LogP contribution in [0.3, 0.4) is 0 Å². The molecule has 4 nitrogen and oxygen atoms in total. The quantitative estimate of drug-likeness (QED) is 0.521. The van der Waals surface area contributed by atoms with Crippen LogP contribution in [0.15, 0.2) is 66.7 Å². The number of fused-ring (bicyclic) bond motifs is 1. The first-order valence-corrected chi connectivity index (χ1v) is 10.3. The van der Waals surface area contributed by atoms with Gasteiger partial charge in [-0.2, -0.15) is 0 Å². The Hall–Kier alpha value is -2.37. The molecular formula is C23H16Cl3NO3. The predicted molar refractivity (Wildman–Crippen MR) is 118 cm³/mol. The standard InChI is InChI=1S/C23H16Cl3NO3/c24-16-8-6-15(7-9-16)17(13-28)23(30)20-18(25)10-11-19(26)21(20)27(22(23)29)12-14-4-2-1-3-5-14/h1-11,13,17,30H,12H2. The van der Waals surface area contributed by atoms with Crippen LogP contribution in [-0.2, 0) is 21.7 Å². The van der Waals surface area contributed by atoms with E-state index in [-0.39, 0.29) is 22.2 Å². The summed E-state index contributed by atoms with van der Waals surface area (Å²) in [5, 5.41) is 12.6. The van der Waals surface area contributed by atoms with Gasteiger partial charge in [-0.15, -0.1) is 0 Å². The minimum absolute atomic E-state index is 0.129. The lowest BCUT2D eigenvalue weighted by atomic mass is 9.79. The molecule has 1 heterocycles. The number of hydrogen-bond acceptors (Lipinski definition) is 3. The SMILES string of the molecule is O=CC(c1ccc(Cl)cc1)C1(O)C(=O)N(Cc2ccccc2)c2c(Cl)ccc(Cl)c21. The van der Waals surface area contributed by atoms with Gasteiger partial charge in [-0.3, -0.25) is 4.79 Å². The van der Waals surface area contributed by atoms with Crippen molar-refractivity contribution >= 4 is 52.7 Å². The van der Waals surface area contributed by atoms with E-state index in [1.165, 1.54) is 11.0 Å². The van der Waals surface area contributed by atoms with E-state index in [0.717, 1.165) is 5.56 Å². The molecule has 7 heteroatoms. The monoisotopic (exact) mass is 459 g/mol. The van der Waals surface area contributed by atoms with E-state index in [0.29, 0.717) is 22.6 Å². The van der Waals surface area contributed by atoms with Gasteiger partial charge < -0.3 is 14.8 Å². The average molecular weight is 461 g/mol. The number of halogens is 3. The normalized spacial score (nSPS) is 18.9. The molecule has 1 amide bonds. The summed E-state index contributed by atoms with van der Waals surface area (Å²) in [7, 11) is 0. The summed E-state index contributed by atoms with van der Waals surface area (Å²) in [6.45, 7) is 0.168. The Morgan fingerprint density at radius 2 is 1.57 bits per heavy atom. The number of aliphatic hydroxyl groups is 1. The first-order valence-electron chi connectivity index (χ1n) is 9.15. The van der Waals surface area contributed by atoms with Crippen molar-refractivity contribution in [2.45, 2.75) is 18.1 Å². The summed E-state index contributed by atoms with van der Waals surface area (Å²) in [6.07, 6.45) is 0.550. The Kier molecular flexibility index (Phi) is 5.60. The molecule has 1 aliphatic heterocycles. The van der Waals surface area contributed by atoms with Crippen LogP contribution in [0.5, 0.6) is 0 Å². The molecule has 0 saturated heterocycles. The van der Waals surface area contributed by atoms with Crippen LogP contribution >= 0.6 is 34.8 Å². The molecule has 0 aliphatic carbocycles. The molecule has 0 spiro atoms. The van der Waals surface area contributed by atoms with E-state index in [4.69, 9.17) is 34.8 Å². The number of aldehydes is 1. The fraction of sp³-hybridized carbons (Fsp3) is 0.130. The van der Waals surface area contributed by atoms with Crippen LogP contribution in [0.1, 0.15) is 22.6 Å². The summed E-state index contributed by atoms with van der Waals surface area (Å²) in [4.78, 5) is 27.1. The number of carbonyl (C=O) groups excluding carboxylic acids is 2. The number of anilines is 1. The van der Waals surface area contributed by atoms with Gasteiger partial charge in [0.05, 0.1) is 23.2 Å². The van der Waals surface area contributed by atoms with E-state index in [9.17, 15) is 14.7 Å². The number of hydrogen-bond donors (Lipinski definition) is 1. The largest absolute Gasteiger partial charge is 0.374 e. The summed E-state index contributed by atoms with van der Waals surface area (Å²) >= 11 is 18.8. The fourth-order valence-corrected chi connectivity index (χ4v) is 4.56. The molecule has 2 atom stereocenters. The van der Waals surface area contributed by atoms with E-state index >= 15 is 0 Å². The van der Waals surface area contributed by atoms with E-state index in [1.54, 1.807) is 30.3 Å². The Morgan fingerprint density at radius 1 is 0.933 bits per heavy atom. The van der Waals surface area contributed by atoms with E-state index < -0.39 is 17.4 Å². The van der Waals surface area contributed by atoms with Crippen LogP contribution in [0, 0.1) is 0 Å². The molecular weight excluding hydrogens is 445 g/mol. The van der Waals surface area contributed by atoms with Gasteiger partial charge in [0.2, 0.25) is 0 Å². The second-order valence-electron chi connectivity index (χ2n) is 7.06. The van der Waals surface area contributed by atoms with Crippen LogP contribution < -0.4 is 4.90 Å². The van der Waals surface area contributed by atoms with Gasteiger partial charge >= 0.3 is 0 Å². The van der Waals surface area contributed by atoms with Gasteiger partial charge in [0.15, 0.2) is 5.60 Å². The van der Waals surface area contributed by atoms with Gasteiger partial charge in [0, 0.05) is 15.6 Å². The summed E-state index contributed by atoms with van der Waals surface area (Å²) in [5.41, 5.74) is -0.493. The first kappa shape index (κ1) is 20.9. The number of rotatable bonds is 5. The molecule has 4 rings (SSSR count). The van der Waals surface area contributed by atoms with Crippen molar-refractivity contribution in [3.63, 3.8) is 0 Å². The summed E-state index contributed by atoms with van der Waals surface area (Å²) in [6, 6.07) is 18.8. The van der Waals surface area contributed by atoms with Gasteiger partial charge in [-0.1, -0.05) is 77.3 Å². The van der Waals surface area contributed by atoms with Crippen molar-refractivity contribution < 1.29 is 14.7 Å². The topological polar surface area (TPSA) is 57.6 Å². The lowest BCUT2D eigenvalue weighted by molar-refractivity contribution is -0.141. The molecule has 2 unspecified atom stereocenters. The Morgan fingerprint density at radius 3 is 2.20 bits per heavy atom. The average Bonchev–Trinajstić information content (AvgIpc) is 2.97. The smallest absolute Gasteiger partial charge is 0.265 e. The molecule has 1 aliphatic rings. The third-order valence-corrected chi connectivity index (χ3v) is 6.17. The first-order chi connectivity index (χ1) is 14.4. The molecule has 3 aromatic carbocycles. The molecule has 0 saturated carbocycles. The van der Waals surface area contributed by atoms with Crippen molar-refractivity contribution in [3.8, 4) is 0 Å². The maximum Gasteiger partial charge on any atom is 0.265 e. The fourth-order valence-electron chi connectivity index (χ4n) is 3.88. The van der Waals surface area contributed by atoms with E-state index in [1.807, 2.05) is 30.3 Å². The molecule has 3 aromatic rings. The minimum atomic E-state index is -2.21. The molecule has 1 N–H and O–H groups in total. The van der Waals surface area contributed by atoms with Crippen molar-refractivity contribution in [3.05, 3.63) is 98.5 Å². The van der Waals surface area contributed by atoms with Gasteiger partial charge in [0.1, 0.15) is 6.29 Å². The molecule has 0 radical (unpaired) electrons. The third kappa shape index (κ3) is 3.30. The zero-order valence-electron chi connectivity index (χ0n) is 15.6. The number of amides is 1. The minimum Gasteiger partial charge on any atom is -0.374 e. The van der Waals surface area contributed by atoms with Crippen LogP contribution in [0.2, 0.25) is 15.1 Å². The van der Waals surface area contributed by atoms with Crippen molar-refractivity contribution in [2.75, 3.05) is 4.90 Å². The Bertz CT molecular complexity index is 1120. The van der Waals surface area contributed by atoms with Crippen LogP contribution in [0.4, 0.5) is 5.69 Å². The van der Waals surface area contributed by atoms with Crippen molar-refractivity contribution in [1.29, 1.82) is 0 Å². The molecule has 0 fully saturated rings. The van der Waals surface area contributed by atoms with Crippen LogP contribution in [-0.4, -0.2) is 17.3 Å². The maximum absolute atomic E-state index is 13.6. The van der Waals surface area contributed by atoms with Crippen LogP contribution in [0.25, 0.3) is 0 Å². The van der Waals surface area contributed by atoms with Crippen molar-refractivity contribution in [1.82, 2.24) is 0 Å². The highest BCUT2D eigenvalue weighted by molar-refractivity contribution is 6.38. The Balaban J connectivity index is 1.90. The number of benzene rings is 3. The predicted octanol–water partition coefficient (Wildman–Crippen LogP) is 5.36. The summed E-state index contributed by atoms with van der Waals surface area (Å²) < 4.78 is 0. The summed E-state index contributed by atoms with van der Waals surface area (Å²) in [5.74, 6) is -1.86. The van der Waals surface area contributed by atoms with E-state index in [2.05, 4.69) is 0 Å². The maximum atomic E-state index is 13.6. The zero-order valence-corrected chi connectivity index (χ0v) is 17.8. The third-order valence-electron chi connectivity index (χ3n) is 5.30. The molecule has 0 aromatic heterocycles. The zero-order chi connectivity index (χ0) is 21.5. The molecule has 0 bridgehead atoms. The Labute approximate surface area is 188 Å².